The Morgan fingerprint density at radius 2 is 1.83 bits per heavy atom. The smallest absolute Gasteiger partial charge is 0.250 e. The van der Waals surface area contributed by atoms with E-state index in [4.69, 9.17) is 5.73 Å². The number of nitrogens with zero attached hydrogens (tertiary/aromatic N) is 1. The molecule has 4 nitrogen and oxygen atoms in total. The first kappa shape index (κ1) is 16.6. The number of carbonyl (C=O) groups excluding carboxylic acids is 2. The highest BCUT2D eigenvalue weighted by Gasteiger charge is 2.35. The standard InChI is InChI=1S/C19H20N2O2S/c1-12(2)13-7-9-14(10-8-13)19-21(17(22)11-24-19)16-6-4-3-5-15(16)18(20)23/h3-10,12,19H,11H2,1-2H3,(H2,20,23). The molecule has 2 aromatic carbocycles. The van der Waals surface area contributed by atoms with Gasteiger partial charge in [-0.15, -0.1) is 11.8 Å². The molecule has 1 aliphatic rings. The van der Waals surface area contributed by atoms with Crippen molar-refractivity contribution in [3.63, 3.8) is 0 Å². The molecule has 0 aliphatic carbocycles. The predicted octanol–water partition coefficient (Wildman–Crippen LogP) is 3.69. The lowest BCUT2D eigenvalue weighted by atomic mass is 10.0. The van der Waals surface area contributed by atoms with Crippen molar-refractivity contribution in [2.45, 2.75) is 25.1 Å². The Morgan fingerprint density at radius 3 is 2.46 bits per heavy atom. The van der Waals surface area contributed by atoms with Gasteiger partial charge in [0, 0.05) is 0 Å². The van der Waals surface area contributed by atoms with Gasteiger partial charge in [0.15, 0.2) is 0 Å². The third-order valence-corrected chi connectivity index (χ3v) is 5.40. The average molecular weight is 340 g/mol. The summed E-state index contributed by atoms with van der Waals surface area (Å²) >= 11 is 1.57. The summed E-state index contributed by atoms with van der Waals surface area (Å²) in [6, 6.07) is 15.3. The topological polar surface area (TPSA) is 63.4 Å². The number of anilines is 1. The van der Waals surface area contributed by atoms with Crippen LogP contribution in [0.15, 0.2) is 48.5 Å². The molecule has 2 amide bonds. The Kier molecular flexibility index (Phi) is 4.62. The maximum Gasteiger partial charge on any atom is 0.250 e. The van der Waals surface area contributed by atoms with Crippen molar-refractivity contribution in [2.75, 3.05) is 10.7 Å². The van der Waals surface area contributed by atoms with Crippen molar-refractivity contribution in [3.05, 3.63) is 65.2 Å². The number of carbonyl (C=O) groups is 2. The molecule has 0 aromatic heterocycles. The van der Waals surface area contributed by atoms with E-state index in [1.807, 2.05) is 6.07 Å². The Bertz CT molecular complexity index is 771. The van der Waals surface area contributed by atoms with E-state index in [2.05, 4.69) is 38.1 Å². The summed E-state index contributed by atoms with van der Waals surface area (Å²) in [6.45, 7) is 4.30. The number of para-hydroxylation sites is 1. The molecule has 0 bridgehead atoms. The van der Waals surface area contributed by atoms with Crippen LogP contribution in [0.1, 0.15) is 46.6 Å². The Balaban J connectivity index is 2.00. The van der Waals surface area contributed by atoms with Gasteiger partial charge in [0.25, 0.3) is 5.91 Å². The zero-order valence-corrected chi connectivity index (χ0v) is 14.5. The normalized spacial score (nSPS) is 17.5. The molecule has 2 N–H and O–H groups in total. The molecule has 1 unspecified atom stereocenters. The second-order valence-corrected chi connectivity index (χ2v) is 7.20. The van der Waals surface area contributed by atoms with Gasteiger partial charge in [0.05, 0.1) is 17.0 Å². The number of nitrogens with two attached hydrogens (primary N) is 1. The van der Waals surface area contributed by atoms with Gasteiger partial charge >= 0.3 is 0 Å². The first-order valence-electron chi connectivity index (χ1n) is 7.91. The van der Waals surface area contributed by atoms with E-state index in [0.717, 1.165) is 5.56 Å². The number of thioether (sulfide) groups is 1. The van der Waals surface area contributed by atoms with Crippen LogP contribution in [0.4, 0.5) is 5.69 Å². The van der Waals surface area contributed by atoms with Crippen molar-refractivity contribution in [1.29, 1.82) is 0 Å². The van der Waals surface area contributed by atoms with Crippen LogP contribution in [0.2, 0.25) is 0 Å². The van der Waals surface area contributed by atoms with Gasteiger partial charge in [-0.2, -0.15) is 0 Å². The van der Waals surface area contributed by atoms with E-state index in [1.165, 1.54) is 5.56 Å². The second-order valence-electron chi connectivity index (χ2n) is 6.13. The number of benzene rings is 2. The van der Waals surface area contributed by atoms with Crippen molar-refractivity contribution in [2.24, 2.45) is 5.73 Å². The monoisotopic (exact) mass is 340 g/mol. The predicted molar refractivity (Wildman–Crippen MR) is 98.2 cm³/mol. The van der Waals surface area contributed by atoms with Gasteiger partial charge in [-0.1, -0.05) is 50.2 Å². The summed E-state index contributed by atoms with van der Waals surface area (Å²) < 4.78 is 0. The second kappa shape index (κ2) is 6.69. The van der Waals surface area contributed by atoms with E-state index in [1.54, 1.807) is 34.9 Å². The fourth-order valence-electron chi connectivity index (χ4n) is 2.87. The molecule has 0 saturated carbocycles. The van der Waals surface area contributed by atoms with Crippen molar-refractivity contribution in [3.8, 4) is 0 Å². The Hall–Kier alpha value is -2.27. The van der Waals surface area contributed by atoms with Crippen LogP contribution in [0.25, 0.3) is 0 Å². The lowest BCUT2D eigenvalue weighted by molar-refractivity contribution is -0.115. The number of hydrogen-bond donors (Lipinski definition) is 1. The zero-order chi connectivity index (χ0) is 17.3. The lowest BCUT2D eigenvalue weighted by Gasteiger charge is -2.26. The molecular formula is C19H20N2O2S. The summed E-state index contributed by atoms with van der Waals surface area (Å²) in [7, 11) is 0. The van der Waals surface area contributed by atoms with Gasteiger partial charge in [-0.3, -0.25) is 14.5 Å². The van der Waals surface area contributed by atoms with Gasteiger partial charge in [-0.25, -0.2) is 0 Å². The molecule has 3 rings (SSSR count). The summed E-state index contributed by atoms with van der Waals surface area (Å²) in [5.41, 5.74) is 8.75. The molecule has 1 heterocycles. The summed E-state index contributed by atoms with van der Waals surface area (Å²) in [4.78, 5) is 25.9. The molecular weight excluding hydrogens is 320 g/mol. The number of primary amides is 1. The molecule has 1 saturated heterocycles. The van der Waals surface area contributed by atoms with Crippen molar-refractivity contribution >= 4 is 29.3 Å². The summed E-state index contributed by atoms with van der Waals surface area (Å²) in [5, 5.41) is -0.140. The first-order valence-corrected chi connectivity index (χ1v) is 8.96. The highest BCUT2D eigenvalue weighted by Crippen LogP contribution is 2.42. The fraction of sp³-hybridized carbons (Fsp3) is 0.263. The van der Waals surface area contributed by atoms with E-state index < -0.39 is 5.91 Å². The number of amides is 2. The molecule has 1 fully saturated rings. The third kappa shape index (κ3) is 3.04. The van der Waals surface area contributed by atoms with Crippen LogP contribution in [0.5, 0.6) is 0 Å². The van der Waals surface area contributed by atoms with Crippen LogP contribution in [-0.2, 0) is 4.79 Å². The average Bonchev–Trinajstić information content (AvgIpc) is 2.96. The minimum absolute atomic E-state index is 0.00774. The van der Waals surface area contributed by atoms with Crippen LogP contribution in [0.3, 0.4) is 0 Å². The minimum Gasteiger partial charge on any atom is -0.366 e. The minimum atomic E-state index is -0.524. The van der Waals surface area contributed by atoms with E-state index in [0.29, 0.717) is 22.9 Å². The largest absolute Gasteiger partial charge is 0.366 e. The van der Waals surface area contributed by atoms with Crippen LogP contribution < -0.4 is 10.6 Å². The quantitative estimate of drug-likeness (QED) is 0.923. The molecule has 5 heteroatoms. The maximum atomic E-state index is 12.5. The Labute approximate surface area is 146 Å². The van der Waals surface area contributed by atoms with Crippen LogP contribution in [0, 0.1) is 0 Å². The SMILES string of the molecule is CC(C)c1ccc(C2SCC(=O)N2c2ccccc2C(N)=O)cc1. The molecule has 1 atom stereocenters. The van der Waals surface area contributed by atoms with E-state index in [-0.39, 0.29) is 11.3 Å². The zero-order valence-electron chi connectivity index (χ0n) is 13.7. The Morgan fingerprint density at radius 1 is 1.17 bits per heavy atom. The number of hydrogen-bond acceptors (Lipinski definition) is 3. The molecule has 124 valence electrons. The van der Waals surface area contributed by atoms with Crippen molar-refractivity contribution < 1.29 is 9.59 Å². The fourth-order valence-corrected chi connectivity index (χ4v) is 4.04. The van der Waals surface area contributed by atoms with Crippen LogP contribution in [-0.4, -0.2) is 17.6 Å². The van der Waals surface area contributed by atoms with Gasteiger partial charge in [0.1, 0.15) is 5.37 Å². The molecule has 2 aromatic rings. The highest BCUT2D eigenvalue weighted by molar-refractivity contribution is 8.00. The molecule has 0 spiro atoms. The maximum absolute atomic E-state index is 12.5. The van der Waals surface area contributed by atoms with E-state index >= 15 is 0 Å². The van der Waals surface area contributed by atoms with Gasteiger partial charge < -0.3 is 5.73 Å². The first-order chi connectivity index (χ1) is 11.5. The van der Waals surface area contributed by atoms with E-state index in [9.17, 15) is 9.59 Å². The molecule has 1 aliphatic heterocycles. The molecule has 0 radical (unpaired) electrons. The van der Waals surface area contributed by atoms with Gasteiger partial charge in [0.2, 0.25) is 5.91 Å². The summed E-state index contributed by atoms with van der Waals surface area (Å²) in [5.74, 6) is 0.323. The summed E-state index contributed by atoms with van der Waals surface area (Å²) in [6.07, 6.45) is 0. The van der Waals surface area contributed by atoms with Crippen LogP contribution >= 0.6 is 11.8 Å². The highest BCUT2D eigenvalue weighted by atomic mass is 32.2. The third-order valence-electron chi connectivity index (χ3n) is 4.19. The lowest BCUT2D eigenvalue weighted by Crippen LogP contribution is -2.30. The van der Waals surface area contributed by atoms with Crippen molar-refractivity contribution in [1.82, 2.24) is 0 Å². The van der Waals surface area contributed by atoms with Gasteiger partial charge in [-0.05, 0) is 29.2 Å². The molecule has 24 heavy (non-hydrogen) atoms. The number of rotatable bonds is 4.